The Morgan fingerprint density at radius 1 is 1.30 bits per heavy atom. The van der Waals surface area contributed by atoms with Gasteiger partial charge in [-0.05, 0) is 31.5 Å². The lowest BCUT2D eigenvalue weighted by atomic mass is 10.2. The monoisotopic (exact) mass is 441 g/mol. The molecule has 0 aliphatic heterocycles. The maximum absolute atomic E-state index is 12.8. The summed E-state index contributed by atoms with van der Waals surface area (Å²) in [6.45, 7) is 2.52. The number of alkyl halides is 3. The first kappa shape index (κ1) is 21.9. The first-order valence-electron chi connectivity index (χ1n) is 9.18. The second kappa shape index (κ2) is 8.91. The molecule has 0 amide bonds. The largest absolute Gasteiger partial charge is 0.494 e. The number of ether oxygens (including phenoxy) is 1. The highest BCUT2D eigenvalue weighted by Gasteiger charge is 2.31. The highest BCUT2D eigenvalue weighted by atomic mass is 35.5. The summed E-state index contributed by atoms with van der Waals surface area (Å²) in [4.78, 5) is 18.9. The Balaban J connectivity index is 1.75. The molecule has 0 saturated heterocycles. The molecule has 0 spiro atoms. The van der Waals surface area contributed by atoms with E-state index in [9.17, 15) is 18.0 Å². The number of carbonyl (C=O) groups is 1. The van der Waals surface area contributed by atoms with Gasteiger partial charge in [-0.2, -0.15) is 13.2 Å². The van der Waals surface area contributed by atoms with Gasteiger partial charge in [-0.1, -0.05) is 11.6 Å². The highest BCUT2D eigenvalue weighted by molar-refractivity contribution is 6.31. The summed E-state index contributed by atoms with van der Waals surface area (Å²) in [6.07, 6.45) is -2.97. The molecule has 160 valence electrons. The molecule has 3 rings (SSSR count). The Morgan fingerprint density at radius 2 is 2.07 bits per heavy atom. The average Bonchev–Trinajstić information content (AvgIpc) is 2.98. The Bertz CT molecular complexity index is 1070. The number of aromatic nitrogens is 3. The number of fused-ring (bicyclic) bond motifs is 1. The van der Waals surface area contributed by atoms with Crippen molar-refractivity contribution in [3.05, 3.63) is 52.6 Å². The van der Waals surface area contributed by atoms with Crippen molar-refractivity contribution >= 4 is 28.6 Å². The quantitative estimate of drug-likeness (QED) is 0.503. The topological polar surface area (TPSA) is 77.2 Å². The SMILES string of the molecule is Cc1nc2ccc(OCCCC(=O)O)cc2n1CCc1ncc(C(F)(F)F)cc1Cl. The summed E-state index contributed by atoms with van der Waals surface area (Å²) >= 11 is 6.00. The Morgan fingerprint density at radius 3 is 2.73 bits per heavy atom. The minimum Gasteiger partial charge on any atom is -0.494 e. The van der Waals surface area contributed by atoms with Gasteiger partial charge in [0, 0.05) is 31.6 Å². The van der Waals surface area contributed by atoms with Crippen molar-refractivity contribution in [2.45, 2.75) is 38.9 Å². The number of carboxylic acid groups (broad SMARTS) is 1. The molecule has 0 saturated carbocycles. The Kier molecular flexibility index (Phi) is 6.50. The number of halogens is 4. The molecule has 0 atom stereocenters. The minimum atomic E-state index is -4.49. The highest BCUT2D eigenvalue weighted by Crippen LogP contribution is 2.31. The number of imidazole rings is 1. The fourth-order valence-electron chi connectivity index (χ4n) is 3.03. The van der Waals surface area contributed by atoms with Gasteiger partial charge in [0.2, 0.25) is 0 Å². The third kappa shape index (κ3) is 5.21. The van der Waals surface area contributed by atoms with Crippen LogP contribution < -0.4 is 4.74 Å². The smallest absolute Gasteiger partial charge is 0.417 e. The van der Waals surface area contributed by atoms with Crippen molar-refractivity contribution in [2.24, 2.45) is 0 Å². The summed E-state index contributed by atoms with van der Waals surface area (Å²) in [5.41, 5.74) is 1.03. The molecule has 0 aliphatic carbocycles. The summed E-state index contributed by atoms with van der Waals surface area (Å²) in [5.74, 6) is 0.439. The standard InChI is InChI=1S/C20H19ClF3N3O3/c1-12-26-17-5-4-14(30-8-2-3-19(28)29)10-18(17)27(12)7-6-16-15(21)9-13(11-25-16)20(22,23)24/h4-5,9-11H,2-3,6-8H2,1H3,(H,28,29). The van der Waals surface area contributed by atoms with E-state index in [1.807, 2.05) is 11.5 Å². The van der Waals surface area contributed by atoms with Gasteiger partial charge >= 0.3 is 12.1 Å². The van der Waals surface area contributed by atoms with Gasteiger partial charge in [0.15, 0.2) is 0 Å². The number of hydrogen-bond donors (Lipinski definition) is 1. The number of aryl methyl sites for hydroxylation is 3. The number of rotatable bonds is 8. The van der Waals surface area contributed by atoms with E-state index in [0.29, 0.717) is 30.8 Å². The number of hydrogen-bond acceptors (Lipinski definition) is 4. The maximum Gasteiger partial charge on any atom is 0.417 e. The molecule has 2 aromatic heterocycles. The normalized spacial score (nSPS) is 11.8. The molecule has 0 unspecified atom stereocenters. The van der Waals surface area contributed by atoms with Crippen molar-refractivity contribution in [2.75, 3.05) is 6.61 Å². The van der Waals surface area contributed by atoms with Crippen molar-refractivity contribution in [1.82, 2.24) is 14.5 Å². The van der Waals surface area contributed by atoms with Crippen LogP contribution in [-0.4, -0.2) is 32.2 Å². The number of carboxylic acids is 1. The first-order valence-corrected chi connectivity index (χ1v) is 9.56. The zero-order valence-corrected chi connectivity index (χ0v) is 16.8. The van der Waals surface area contributed by atoms with Gasteiger partial charge in [-0.3, -0.25) is 9.78 Å². The molecule has 6 nitrogen and oxygen atoms in total. The molecular formula is C20H19ClF3N3O3. The Labute approximate surface area is 175 Å². The van der Waals surface area contributed by atoms with E-state index in [0.717, 1.165) is 29.1 Å². The zero-order valence-electron chi connectivity index (χ0n) is 16.0. The van der Waals surface area contributed by atoms with Gasteiger partial charge in [0.1, 0.15) is 11.6 Å². The molecule has 2 heterocycles. The molecule has 0 fully saturated rings. The lowest BCUT2D eigenvalue weighted by molar-refractivity contribution is -0.138. The van der Waals surface area contributed by atoms with Crippen LogP contribution in [-0.2, 0) is 23.9 Å². The van der Waals surface area contributed by atoms with E-state index in [-0.39, 0.29) is 18.1 Å². The van der Waals surface area contributed by atoms with Crippen molar-refractivity contribution in [3.8, 4) is 5.75 Å². The van der Waals surface area contributed by atoms with Crippen LogP contribution in [0.15, 0.2) is 30.5 Å². The van der Waals surface area contributed by atoms with E-state index in [1.165, 1.54) is 0 Å². The van der Waals surface area contributed by atoms with Crippen LogP contribution >= 0.6 is 11.6 Å². The number of pyridine rings is 1. The van der Waals surface area contributed by atoms with E-state index in [2.05, 4.69) is 9.97 Å². The molecule has 10 heteroatoms. The predicted molar refractivity (Wildman–Crippen MR) is 105 cm³/mol. The zero-order chi connectivity index (χ0) is 21.9. The van der Waals surface area contributed by atoms with Gasteiger partial charge in [-0.25, -0.2) is 4.98 Å². The lowest BCUT2D eigenvalue weighted by Gasteiger charge is -2.11. The summed E-state index contributed by atoms with van der Waals surface area (Å²) in [6, 6.07) is 6.24. The fourth-order valence-corrected chi connectivity index (χ4v) is 3.29. The second-order valence-electron chi connectivity index (χ2n) is 6.71. The first-order chi connectivity index (χ1) is 14.1. The second-order valence-corrected chi connectivity index (χ2v) is 7.11. The molecule has 1 N–H and O–H groups in total. The van der Waals surface area contributed by atoms with Crippen LogP contribution in [0.3, 0.4) is 0 Å². The van der Waals surface area contributed by atoms with Crippen LogP contribution in [0.2, 0.25) is 5.02 Å². The molecule has 30 heavy (non-hydrogen) atoms. The van der Waals surface area contributed by atoms with Crippen molar-refractivity contribution in [3.63, 3.8) is 0 Å². The summed E-state index contributed by atoms with van der Waals surface area (Å²) in [5, 5.41) is 8.65. The van der Waals surface area contributed by atoms with Crippen molar-refractivity contribution in [1.29, 1.82) is 0 Å². The van der Waals surface area contributed by atoms with Crippen LogP contribution in [0, 0.1) is 6.92 Å². The van der Waals surface area contributed by atoms with E-state index in [1.54, 1.807) is 18.2 Å². The molecule has 0 bridgehead atoms. The van der Waals surface area contributed by atoms with E-state index in [4.69, 9.17) is 21.4 Å². The molecule has 1 aromatic carbocycles. The third-order valence-electron chi connectivity index (χ3n) is 4.53. The van der Waals surface area contributed by atoms with Gasteiger partial charge in [-0.15, -0.1) is 0 Å². The van der Waals surface area contributed by atoms with Crippen LogP contribution in [0.1, 0.15) is 29.9 Å². The number of benzene rings is 1. The van der Waals surface area contributed by atoms with Gasteiger partial charge in [0.25, 0.3) is 0 Å². The molecule has 0 aliphatic rings. The number of nitrogens with zero attached hydrogens (tertiary/aromatic N) is 3. The Hall–Kier alpha value is -2.81. The van der Waals surface area contributed by atoms with Gasteiger partial charge < -0.3 is 14.4 Å². The van der Waals surface area contributed by atoms with E-state index < -0.39 is 17.7 Å². The number of aliphatic carboxylic acids is 1. The van der Waals surface area contributed by atoms with Crippen LogP contribution in [0.5, 0.6) is 5.75 Å². The van der Waals surface area contributed by atoms with Crippen molar-refractivity contribution < 1.29 is 27.8 Å². The molecule has 3 aromatic rings. The average molecular weight is 442 g/mol. The molecule has 0 radical (unpaired) electrons. The maximum atomic E-state index is 12.8. The van der Waals surface area contributed by atoms with Crippen LogP contribution in [0.4, 0.5) is 13.2 Å². The summed E-state index contributed by atoms with van der Waals surface area (Å²) < 4.78 is 45.8. The molecular weight excluding hydrogens is 423 g/mol. The van der Waals surface area contributed by atoms with Crippen LogP contribution in [0.25, 0.3) is 11.0 Å². The third-order valence-corrected chi connectivity index (χ3v) is 4.86. The fraction of sp³-hybridized carbons (Fsp3) is 0.350. The summed E-state index contributed by atoms with van der Waals surface area (Å²) in [7, 11) is 0. The van der Waals surface area contributed by atoms with E-state index >= 15 is 0 Å². The minimum absolute atomic E-state index is 0.0279. The predicted octanol–water partition coefficient (Wildman–Crippen LogP) is 4.90. The lowest BCUT2D eigenvalue weighted by Crippen LogP contribution is -2.09. The van der Waals surface area contributed by atoms with Gasteiger partial charge in [0.05, 0.1) is 33.9 Å².